The highest BCUT2D eigenvalue weighted by atomic mass is 19.1. The number of nitrogens with two attached hydrogens (primary N) is 1. The molecule has 0 aliphatic carbocycles. The first-order chi connectivity index (χ1) is 7.48. The smallest absolute Gasteiger partial charge is 0.132 e. The zero-order valence-electron chi connectivity index (χ0n) is 9.29. The average molecular weight is 219 g/mol. The van der Waals surface area contributed by atoms with Crippen LogP contribution in [0.15, 0.2) is 30.5 Å². The second-order valence-corrected chi connectivity index (χ2v) is 4.35. The summed E-state index contributed by atoms with van der Waals surface area (Å²) in [7, 11) is 0. The molecule has 1 aromatic carbocycles. The summed E-state index contributed by atoms with van der Waals surface area (Å²) in [6.07, 6.45) is 1.60. The molecule has 1 aromatic heterocycles. The molecule has 84 valence electrons. The molecule has 0 saturated carbocycles. The number of nitrogens with zero attached hydrogens (tertiary/aromatic N) is 1. The van der Waals surface area contributed by atoms with E-state index < -0.39 is 5.54 Å². The second-order valence-electron chi connectivity index (χ2n) is 4.35. The van der Waals surface area contributed by atoms with E-state index in [9.17, 15) is 4.39 Å². The van der Waals surface area contributed by atoms with E-state index in [4.69, 9.17) is 5.73 Å². The molecular weight excluding hydrogens is 205 g/mol. The highest BCUT2D eigenvalue weighted by molar-refractivity contribution is 5.59. The van der Waals surface area contributed by atoms with Crippen LogP contribution in [0.1, 0.15) is 19.7 Å². The van der Waals surface area contributed by atoms with Gasteiger partial charge in [-0.1, -0.05) is 12.1 Å². The molecule has 0 fully saturated rings. The van der Waals surface area contributed by atoms with Gasteiger partial charge in [-0.15, -0.1) is 0 Å². The molecule has 0 aliphatic rings. The molecule has 0 aliphatic heterocycles. The zero-order valence-corrected chi connectivity index (χ0v) is 9.29. The second kappa shape index (κ2) is 3.72. The average Bonchev–Trinajstić information content (AvgIpc) is 2.66. The van der Waals surface area contributed by atoms with Gasteiger partial charge in [-0.25, -0.2) is 9.37 Å². The Labute approximate surface area is 93.5 Å². The van der Waals surface area contributed by atoms with Gasteiger partial charge in [0, 0.05) is 5.56 Å². The number of imidazole rings is 1. The minimum absolute atomic E-state index is 0.271. The van der Waals surface area contributed by atoms with Gasteiger partial charge in [0.1, 0.15) is 11.6 Å². The molecule has 0 radical (unpaired) electrons. The molecule has 0 atom stereocenters. The Morgan fingerprint density at radius 2 is 2.00 bits per heavy atom. The first-order valence-electron chi connectivity index (χ1n) is 5.08. The summed E-state index contributed by atoms with van der Waals surface area (Å²) in [5.74, 6) is 0.373. The number of nitrogens with one attached hydrogen (secondary N) is 1. The van der Waals surface area contributed by atoms with Crippen LogP contribution >= 0.6 is 0 Å². The van der Waals surface area contributed by atoms with Gasteiger partial charge in [0.25, 0.3) is 0 Å². The van der Waals surface area contributed by atoms with E-state index in [1.165, 1.54) is 6.07 Å². The van der Waals surface area contributed by atoms with E-state index in [0.717, 1.165) is 0 Å². The van der Waals surface area contributed by atoms with Gasteiger partial charge in [0.05, 0.1) is 17.4 Å². The predicted octanol–water partition coefficient (Wildman–Crippen LogP) is 2.41. The third-order valence-corrected chi connectivity index (χ3v) is 2.35. The van der Waals surface area contributed by atoms with Crippen LogP contribution in [0.4, 0.5) is 4.39 Å². The maximum Gasteiger partial charge on any atom is 0.132 e. The van der Waals surface area contributed by atoms with Crippen molar-refractivity contribution in [3.8, 4) is 11.3 Å². The fraction of sp³-hybridized carbons (Fsp3) is 0.250. The van der Waals surface area contributed by atoms with Crippen LogP contribution in [-0.4, -0.2) is 9.97 Å². The first kappa shape index (κ1) is 10.8. The molecule has 3 N–H and O–H groups in total. The molecule has 2 rings (SSSR count). The summed E-state index contributed by atoms with van der Waals surface area (Å²) in [5.41, 5.74) is 6.50. The van der Waals surface area contributed by atoms with Crippen LogP contribution < -0.4 is 5.73 Å². The fourth-order valence-corrected chi connectivity index (χ4v) is 1.47. The Hall–Kier alpha value is -1.68. The normalized spacial score (nSPS) is 11.8. The lowest BCUT2D eigenvalue weighted by molar-refractivity contribution is 0.520. The van der Waals surface area contributed by atoms with Crippen molar-refractivity contribution in [1.82, 2.24) is 9.97 Å². The summed E-state index contributed by atoms with van der Waals surface area (Å²) in [6, 6.07) is 6.56. The first-order valence-corrected chi connectivity index (χ1v) is 5.08. The molecule has 4 heteroatoms. The Morgan fingerprint density at radius 1 is 1.31 bits per heavy atom. The molecular formula is C12H14FN3. The molecule has 0 bridgehead atoms. The Kier molecular flexibility index (Phi) is 2.52. The topological polar surface area (TPSA) is 54.7 Å². The van der Waals surface area contributed by atoms with E-state index in [0.29, 0.717) is 17.1 Å². The number of aromatic nitrogens is 2. The van der Waals surface area contributed by atoms with E-state index in [-0.39, 0.29) is 5.82 Å². The number of aromatic amines is 1. The maximum absolute atomic E-state index is 13.5. The lowest BCUT2D eigenvalue weighted by Crippen LogP contribution is -2.30. The third kappa shape index (κ3) is 1.97. The number of H-pyrrole nitrogens is 1. The molecule has 0 unspecified atom stereocenters. The molecule has 2 aromatic rings. The van der Waals surface area contributed by atoms with Crippen molar-refractivity contribution in [2.45, 2.75) is 19.4 Å². The third-order valence-electron chi connectivity index (χ3n) is 2.35. The van der Waals surface area contributed by atoms with Crippen molar-refractivity contribution >= 4 is 0 Å². The Balaban J connectivity index is 2.44. The summed E-state index contributed by atoms with van der Waals surface area (Å²) in [4.78, 5) is 7.19. The van der Waals surface area contributed by atoms with Crippen LogP contribution in [0.25, 0.3) is 11.3 Å². The lowest BCUT2D eigenvalue weighted by atomic mass is 10.1. The molecule has 0 amide bonds. The number of hydrogen-bond donors (Lipinski definition) is 2. The van der Waals surface area contributed by atoms with Crippen molar-refractivity contribution in [2.75, 3.05) is 0 Å². The molecule has 16 heavy (non-hydrogen) atoms. The van der Waals surface area contributed by atoms with Gasteiger partial charge in [-0.2, -0.15) is 0 Å². The minimum atomic E-state index is -0.552. The number of hydrogen-bond acceptors (Lipinski definition) is 2. The van der Waals surface area contributed by atoms with Crippen molar-refractivity contribution in [2.24, 2.45) is 5.73 Å². The van der Waals surface area contributed by atoms with Crippen molar-refractivity contribution < 1.29 is 4.39 Å². The highest BCUT2D eigenvalue weighted by Gasteiger charge is 2.18. The van der Waals surface area contributed by atoms with Gasteiger partial charge in [0.15, 0.2) is 0 Å². The molecule has 1 heterocycles. The van der Waals surface area contributed by atoms with Gasteiger partial charge in [-0.3, -0.25) is 0 Å². The number of benzene rings is 1. The Bertz CT molecular complexity index is 497. The van der Waals surface area contributed by atoms with E-state index in [1.807, 2.05) is 13.8 Å². The SMILES string of the molecule is CC(C)(N)c1ncc(-c2ccccc2F)[nH]1. The van der Waals surface area contributed by atoms with E-state index in [2.05, 4.69) is 9.97 Å². The largest absolute Gasteiger partial charge is 0.340 e. The van der Waals surface area contributed by atoms with Crippen LogP contribution in [0.3, 0.4) is 0 Å². The number of rotatable bonds is 2. The van der Waals surface area contributed by atoms with Gasteiger partial charge in [-0.05, 0) is 26.0 Å². The van der Waals surface area contributed by atoms with E-state index in [1.54, 1.807) is 24.4 Å². The van der Waals surface area contributed by atoms with Gasteiger partial charge < -0.3 is 10.7 Å². The summed E-state index contributed by atoms with van der Waals surface area (Å²) in [5, 5.41) is 0. The fourth-order valence-electron chi connectivity index (χ4n) is 1.47. The minimum Gasteiger partial charge on any atom is -0.340 e. The summed E-state index contributed by atoms with van der Waals surface area (Å²) >= 11 is 0. The quantitative estimate of drug-likeness (QED) is 0.814. The molecule has 0 saturated heterocycles. The summed E-state index contributed by atoms with van der Waals surface area (Å²) < 4.78 is 13.5. The number of halogens is 1. The zero-order chi connectivity index (χ0) is 11.8. The lowest BCUT2D eigenvalue weighted by Gasteiger charge is -2.14. The summed E-state index contributed by atoms with van der Waals surface area (Å²) in [6.45, 7) is 3.69. The predicted molar refractivity (Wildman–Crippen MR) is 61.2 cm³/mol. The Morgan fingerprint density at radius 3 is 2.56 bits per heavy atom. The van der Waals surface area contributed by atoms with Crippen molar-refractivity contribution in [3.63, 3.8) is 0 Å². The van der Waals surface area contributed by atoms with Crippen LogP contribution in [0.5, 0.6) is 0 Å². The van der Waals surface area contributed by atoms with Crippen molar-refractivity contribution in [1.29, 1.82) is 0 Å². The monoisotopic (exact) mass is 219 g/mol. The highest BCUT2D eigenvalue weighted by Crippen LogP contribution is 2.22. The van der Waals surface area contributed by atoms with Gasteiger partial charge >= 0.3 is 0 Å². The van der Waals surface area contributed by atoms with Crippen LogP contribution in [-0.2, 0) is 5.54 Å². The maximum atomic E-state index is 13.5. The standard InChI is InChI=1S/C12H14FN3/c1-12(2,14)11-15-7-10(16-11)8-5-3-4-6-9(8)13/h3-7H,14H2,1-2H3,(H,15,16). The molecule has 0 spiro atoms. The van der Waals surface area contributed by atoms with Crippen LogP contribution in [0.2, 0.25) is 0 Å². The van der Waals surface area contributed by atoms with E-state index >= 15 is 0 Å². The van der Waals surface area contributed by atoms with Gasteiger partial charge in [0.2, 0.25) is 0 Å². The molecule has 3 nitrogen and oxygen atoms in total. The van der Waals surface area contributed by atoms with Crippen molar-refractivity contribution in [3.05, 3.63) is 42.1 Å². The van der Waals surface area contributed by atoms with Crippen LogP contribution in [0, 0.1) is 5.82 Å².